The van der Waals surface area contributed by atoms with Crippen LogP contribution in [0.4, 0.5) is 0 Å². The van der Waals surface area contributed by atoms with Gasteiger partial charge in [-0.2, -0.15) is 0 Å². The van der Waals surface area contributed by atoms with Crippen LogP contribution in [-0.4, -0.2) is 0 Å². The second-order valence-electron chi connectivity index (χ2n) is 5.00. The topological polar surface area (TPSA) is 18.5 Å². The first-order valence-electron chi connectivity index (χ1n) is 6.81. The van der Waals surface area contributed by atoms with Crippen molar-refractivity contribution in [2.75, 3.05) is 0 Å². The third-order valence-electron chi connectivity index (χ3n) is 3.68. The van der Waals surface area contributed by atoms with Crippen LogP contribution in [0.1, 0.15) is 16.7 Å². The van der Waals surface area contributed by atoms with Crippen LogP contribution in [0.3, 0.4) is 0 Å². The van der Waals surface area contributed by atoms with Gasteiger partial charge in [0.15, 0.2) is 0 Å². The van der Waals surface area contributed by atoms with Crippen molar-refractivity contribution in [1.29, 1.82) is 0 Å². The number of fused-ring (bicyclic) bond motifs is 2. The standard InChI is InChI=1S/C18H14O2/c1-2-6-16-13(4-1)9-10-17(20-16)15-8-7-14-5-3-11-19-18(14)12-15/h1-4,6-8,10-12H,5,9H2. The Morgan fingerprint density at radius 3 is 2.75 bits per heavy atom. The van der Waals surface area contributed by atoms with E-state index in [9.17, 15) is 0 Å². The molecule has 0 bridgehead atoms. The molecule has 0 aromatic heterocycles. The van der Waals surface area contributed by atoms with E-state index in [4.69, 9.17) is 9.47 Å². The number of rotatable bonds is 1. The van der Waals surface area contributed by atoms with E-state index in [1.54, 1.807) is 6.26 Å². The molecule has 0 amide bonds. The quantitative estimate of drug-likeness (QED) is 0.770. The Kier molecular flexibility index (Phi) is 2.59. The minimum atomic E-state index is 0.906. The summed E-state index contributed by atoms with van der Waals surface area (Å²) in [5, 5.41) is 0. The minimum Gasteiger partial charge on any atom is -0.465 e. The predicted octanol–water partition coefficient (Wildman–Crippen LogP) is 4.11. The van der Waals surface area contributed by atoms with Gasteiger partial charge in [0, 0.05) is 5.56 Å². The molecule has 0 radical (unpaired) electrons. The molecular weight excluding hydrogens is 248 g/mol. The molecule has 0 aliphatic carbocycles. The summed E-state index contributed by atoms with van der Waals surface area (Å²) >= 11 is 0. The van der Waals surface area contributed by atoms with Crippen molar-refractivity contribution in [1.82, 2.24) is 0 Å². The van der Waals surface area contributed by atoms with Gasteiger partial charge in [0.25, 0.3) is 0 Å². The summed E-state index contributed by atoms with van der Waals surface area (Å²) in [6.45, 7) is 0. The fourth-order valence-electron chi connectivity index (χ4n) is 2.59. The highest BCUT2D eigenvalue weighted by molar-refractivity contribution is 5.67. The van der Waals surface area contributed by atoms with Crippen molar-refractivity contribution in [2.45, 2.75) is 12.8 Å². The van der Waals surface area contributed by atoms with E-state index in [0.29, 0.717) is 0 Å². The van der Waals surface area contributed by atoms with Crippen molar-refractivity contribution in [3.63, 3.8) is 0 Å². The summed E-state index contributed by atoms with van der Waals surface area (Å²) in [6, 6.07) is 14.4. The van der Waals surface area contributed by atoms with Crippen molar-refractivity contribution < 1.29 is 9.47 Å². The van der Waals surface area contributed by atoms with E-state index in [-0.39, 0.29) is 0 Å². The number of benzene rings is 2. The lowest BCUT2D eigenvalue weighted by molar-refractivity contribution is 0.462. The van der Waals surface area contributed by atoms with Crippen LogP contribution in [0, 0.1) is 0 Å². The largest absolute Gasteiger partial charge is 0.465 e. The van der Waals surface area contributed by atoms with Gasteiger partial charge in [-0.1, -0.05) is 30.3 Å². The van der Waals surface area contributed by atoms with Crippen LogP contribution in [0.15, 0.2) is 60.9 Å². The molecule has 98 valence electrons. The fraction of sp³-hybridized carbons (Fsp3) is 0.111. The van der Waals surface area contributed by atoms with E-state index in [1.165, 1.54) is 11.1 Å². The molecule has 0 N–H and O–H groups in total. The first-order chi connectivity index (χ1) is 9.90. The van der Waals surface area contributed by atoms with Gasteiger partial charge >= 0.3 is 0 Å². The van der Waals surface area contributed by atoms with Crippen LogP contribution < -0.4 is 9.47 Å². The molecule has 0 spiro atoms. The van der Waals surface area contributed by atoms with E-state index in [1.807, 2.05) is 24.3 Å². The maximum atomic E-state index is 6.00. The zero-order valence-corrected chi connectivity index (χ0v) is 11.0. The third-order valence-corrected chi connectivity index (χ3v) is 3.68. The molecule has 2 heteroatoms. The highest BCUT2D eigenvalue weighted by Crippen LogP contribution is 2.33. The Morgan fingerprint density at radius 1 is 0.850 bits per heavy atom. The second-order valence-corrected chi connectivity index (χ2v) is 5.00. The predicted molar refractivity (Wildman–Crippen MR) is 78.7 cm³/mol. The van der Waals surface area contributed by atoms with Gasteiger partial charge in [-0.3, -0.25) is 0 Å². The highest BCUT2D eigenvalue weighted by Gasteiger charge is 2.15. The maximum absolute atomic E-state index is 6.00. The molecule has 2 aromatic rings. The summed E-state index contributed by atoms with van der Waals surface area (Å²) in [5.74, 6) is 2.78. The van der Waals surface area contributed by atoms with Crippen molar-refractivity contribution in [3.05, 3.63) is 77.6 Å². The van der Waals surface area contributed by atoms with E-state index in [2.05, 4.69) is 30.3 Å². The molecule has 4 rings (SSSR count). The lowest BCUT2D eigenvalue weighted by Crippen LogP contribution is -2.05. The van der Waals surface area contributed by atoms with Gasteiger partial charge in [0.05, 0.1) is 6.26 Å². The zero-order valence-electron chi connectivity index (χ0n) is 11.0. The number of ether oxygens (including phenoxy) is 2. The van der Waals surface area contributed by atoms with Crippen LogP contribution in [0.5, 0.6) is 11.5 Å². The molecule has 2 nitrogen and oxygen atoms in total. The zero-order chi connectivity index (χ0) is 13.4. The second kappa shape index (κ2) is 4.57. The van der Waals surface area contributed by atoms with E-state index >= 15 is 0 Å². The van der Waals surface area contributed by atoms with Crippen molar-refractivity contribution in [2.24, 2.45) is 0 Å². The number of hydrogen-bond donors (Lipinski definition) is 0. The molecule has 0 saturated carbocycles. The molecule has 2 heterocycles. The van der Waals surface area contributed by atoms with Gasteiger partial charge in [0.2, 0.25) is 0 Å². The number of hydrogen-bond acceptors (Lipinski definition) is 2. The minimum absolute atomic E-state index is 0.906. The number of para-hydroxylation sites is 1. The van der Waals surface area contributed by atoms with E-state index in [0.717, 1.165) is 35.7 Å². The normalized spacial score (nSPS) is 15.5. The van der Waals surface area contributed by atoms with Crippen molar-refractivity contribution in [3.8, 4) is 11.5 Å². The molecule has 0 unspecified atom stereocenters. The molecule has 0 atom stereocenters. The molecular formula is C18H14O2. The third kappa shape index (κ3) is 1.90. The molecule has 2 aliphatic heterocycles. The van der Waals surface area contributed by atoms with Crippen molar-refractivity contribution >= 4 is 5.76 Å². The van der Waals surface area contributed by atoms with Crippen LogP contribution in [0.25, 0.3) is 5.76 Å². The monoisotopic (exact) mass is 262 g/mol. The molecule has 2 aromatic carbocycles. The smallest absolute Gasteiger partial charge is 0.131 e. The molecule has 20 heavy (non-hydrogen) atoms. The summed E-state index contributed by atoms with van der Waals surface area (Å²) in [4.78, 5) is 0. The Morgan fingerprint density at radius 2 is 1.75 bits per heavy atom. The first-order valence-corrected chi connectivity index (χ1v) is 6.81. The van der Waals surface area contributed by atoms with Crippen LogP contribution in [-0.2, 0) is 12.8 Å². The highest BCUT2D eigenvalue weighted by atomic mass is 16.5. The summed E-state index contributed by atoms with van der Waals surface area (Å²) in [7, 11) is 0. The van der Waals surface area contributed by atoms with Gasteiger partial charge in [0.1, 0.15) is 17.3 Å². The lowest BCUT2D eigenvalue weighted by atomic mass is 10.0. The van der Waals surface area contributed by atoms with Crippen LogP contribution >= 0.6 is 0 Å². The average molecular weight is 262 g/mol. The Hall–Kier alpha value is -2.48. The molecule has 2 aliphatic rings. The SMILES string of the molecule is C1=COc2cc(C3=CCc4ccccc4O3)ccc2C1. The number of allylic oxidation sites excluding steroid dienone is 2. The molecule has 0 saturated heterocycles. The average Bonchev–Trinajstić information content (AvgIpc) is 2.54. The van der Waals surface area contributed by atoms with E-state index < -0.39 is 0 Å². The lowest BCUT2D eigenvalue weighted by Gasteiger charge is -2.19. The van der Waals surface area contributed by atoms with Gasteiger partial charge in [-0.25, -0.2) is 0 Å². The van der Waals surface area contributed by atoms with Gasteiger partial charge in [-0.15, -0.1) is 0 Å². The summed E-state index contributed by atoms with van der Waals surface area (Å²) < 4.78 is 11.6. The summed E-state index contributed by atoms with van der Waals surface area (Å²) in [6.07, 6.45) is 7.73. The Bertz CT molecular complexity index is 726. The summed E-state index contributed by atoms with van der Waals surface area (Å²) in [5.41, 5.74) is 3.51. The first kappa shape index (κ1) is 11.4. The van der Waals surface area contributed by atoms with Crippen LogP contribution in [0.2, 0.25) is 0 Å². The van der Waals surface area contributed by atoms with Gasteiger partial charge < -0.3 is 9.47 Å². The fourth-order valence-corrected chi connectivity index (χ4v) is 2.59. The Balaban J connectivity index is 1.68. The maximum Gasteiger partial charge on any atom is 0.131 e. The Labute approximate surface area is 118 Å². The van der Waals surface area contributed by atoms with Gasteiger partial charge in [-0.05, 0) is 48.3 Å². The molecule has 0 fully saturated rings.